The number of phenolic OH excluding ortho intramolecular Hbond substituents is 2. The quantitative estimate of drug-likeness (QED) is 0.165. The van der Waals surface area contributed by atoms with Crippen molar-refractivity contribution in [1.82, 2.24) is 7.94 Å². The van der Waals surface area contributed by atoms with Crippen molar-refractivity contribution in [3.8, 4) is 11.5 Å². The molecule has 0 radical (unpaired) electrons. The van der Waals surface area contributed by atoms with Gasteiger partial charge in [0.2, 0.25) is 0 Å². The van der Waals surface area contributed by atoms with Crippen LogP contribution in [0.4, 0.5) is 0 Å². The summed E-state index contributed by atoms with van der Waals surface area (Å²) in [5, 5.41) is 30.0. The first-order chi connectivity index (χ1) is 21.9. The Hall–Kier alpha value is -4.94. The number of aromatic hydroxyl groups is 2. The molecule has 0 atom stereocenters. The van der Waals surface area contributed by atoms with Crippen molar-refractivity contribution in [1.29, 1.82) is 0 Å². The number of hydrogen-bond donors (Lipinski definition) is 2. The molecule has 0 bridgehead atoms. The zero-order valence-corrected chi connectivity index (χ0v) is 26.8. The highest BCUT2D eigenvalue weighted by Crippen LogP contribution is 2.31. The monoisotopic (exact) mass is 656 g/mol. The van der Waals surface area contributed by atoms with E-state index in [4.69, 9.17) is 0 Å². The molecule has 236 valence electrons. The summed E-state index contributed by atoms with van der Waals surface area (Å²) in [7, 11) is -7.75. The number of fused-ring (bicyclic) bond motifs is 2. The molecule has 0 fully saturated rings. The van der Waals surface area contributed by atoms with Crippen LogP contribution in [0.5, 0.6) is 11.5 Å². The summed E-state index contributed by atoms with van der Waals surface area (Å²) in [6.45, 7) is 4.31. The Morgan fingerprint density at radius 2 is 0.935 bits per heavy atom. The Bertz CT molecular complexity index is 2160. The van der Waals surface area contributed by atoms with E-state index < -0.39 is 20.0 Å². The average molecular weight is 657 g/mol. The van der Waals surface area contributed by atoms with E-state index in [-0.39, 0.29) is 34.4 Å². The maximum absolute atomic E-state index is 13.5. The third-order valence-electron chi connectivity index (χ3n) is 7.89. The fraction of sp³-hybridized carbons (Fsp3) is 0.176. The van der Waals surface area contributed by atoms with Crippen molar-refractivity contribution in [2.45, 2.75) is 36.5 Å². The van der Waals surface area contributed by atoms with E-state index in [9.17, 15) is 27.0 Å². The van der Waals surface area contributed by atoms with Crippen LogP contribution in [0.3, 0.4) is 0 Å². The van der Waals surface area contributed by atoms with E-state index in [1.54, 1.807) is 85.2 Å². The maximum atomic E-state index is 13.5. The van der Waals surface area contributed by atoms with Gasteiger partial charge in [0.15, 0.2) is 0 Å². The number of nitrogens with zero attached hydrogens (tertiary/aromatic N) is 4. The Labute approximate surface area is 267 Å². The molecule has 0 unspecified atom stereocenters. The normalized spacial score (nSPS) is 12.5. The SMILES string of the molecule is Cc1ccc(S(=O)(=O)n2cc(CCN=NCCc3cn(S(=O)(=O)c4ccc(C)cc4)c4ccc(O)cc34)c3cc(O)ccc32)cc1. The lowest BCUT2D eigenvalue weighted by molar-refractivity contribution is 0.475. The van der Waals surface area contributed by atoms with Gasteiger partial charge in [0.25, 0.3) is 20.0 Å². The van der Waals surface area contributed by atoms with Gasteiger partial charge < -0.3 is 10.2 Å². The molecule has 6 rings (SSSR count). The number of azo groups is 1. The minimum atomic E-state index is -3.88. The molecule has 0 saturated heterocycles. The Balaban J connectivity index is 1.20. The fourth-order valence-corrected chi connectivity index (χ4v) is 8.22. The van der Waals surface area contributed by atoms with Crippen LogP contribution in [0.1, 0.15) is 22.3 Å². The average Bonchev–Trinajstić information content (AvgIpc) is 3.58. The number of rotatable bonds is 10. The van der Waals surface area contributed by atoms with Crippen LogP contribution in [0.25, 0.3) is 21.8 Å². The van der Waals surface area contributed by atoms with Gasteiger partial charge >= 0.3 is 0 Å². The van der Waals surface area contributed by atoms with Crippen molar-refractivity contribution in [3.63, 3.8) is 0 Å². The molecule has 0 amide bonds. The lowest BCUT2D eigenvalue weighted by Gasteiger charge is -2.08. The summed E-state index contributed by atoms with van der Waals surface area (Å²) in [5.41, 5.74) is 4.18. The van der Waals surface area contributed by atoms with Crippen LogP contribution in [-0.4, -0.2) is 48.1 Å². The van der Waals surface area contributed by atoms with Gasteiger partial charge in [-0.3, -0.25) is 0 Å². The molecule has 12 heteroatoms. The second kappa shape index (κ2) is 12.1. The molecule has 2 heterocycles. The predicted octanol–water partition coefficient (Wildman–Crippen LogP) is 6.34. The molecule has 4 aromatic carbocycles. The lowest BCUT2D eigenvalue weighted by Crippen LogP contribution is -2.11. The van der Waals surface area contributed by atoms with E-state index in [0.717, 1.165) is 11.1 Å². The molecule has 6 aromatic rings. The second-order valence-electron chi connectivity index (χ2n) is 11.2. The van der Waals surface area contributed by atoms with Crippen LogP contribution in [-0.2, 0) is 32.9 Å². The first-order valence-corrected chi connectivity index (χ1v) is 17.5. The summed E-state index contributed by atoms with van der Waals surface area (Å²) in [6.07, 6.45) is 3.87. The molecule has 0 spiro atoms. The minimum absolute atomic E-state index is 0.0236. The number of benzene rings is 4. The van der Waals surface area contributed by atoms with E-state index in [1.165, 1.54) is 20.1 Å². The number of aryl methyl sites for hydroxylation is 2. The predicted molar refractivity (Wildman–Crippen MR) is 177 cm³/mol. The zero-order chi connectivity index (χ0) is 32.6. The van der Waals surface area contributed by atoms with Gasteiger partial charge in [-0.15, -0.1) is 0 Å². The van der Waals surface area contributed by atoms with Crippen molar-refractivity contribution >= 4 is 41.9 Å². The van der Waals surface area contributed by atoms with Crippen molar-refractivity contribution in [2.24, 2.45) is 10.2 Å². The molecule has 0 aliphatic heterocycles. The summed E-state index contributed by atoms with van der Waals surface area (Å²) < 4.78 is 56.4. The van der Waals surface area contributed by atoms with Crippen LogP contribution >= 0.6 is 0 Å². The van der Waals surface area contributed by atoms with Gasteiger partial charge in [-0.05, 0) is 98.5 Å². The van der Waals surface area contributed by atoms with E-state index in [1.807, 2.05) is 13.8 Å². The zero-order valence-electron chi connectivity index (χ0n) is 25.2. The highest BCUT2D eigenvalue weighted by molar-refractivity contribution is 7.90. The van der Waals surface area contributed by atoms with Gasteiger partial charge in [0.1, 0.15) is 11.5 Å². The molecular weight excluding hydrogens is 625 g/mol. The fourth-order valence-electron chi connectivity index (χ4n) is 5.43. The van der Waals surface area contributed by atoms with Gasteiger partial charge in [-0.25, -0.2) is 24.8 Å². The standard InChI is InChI=1S/C34H32N4O6S2/c1-23-3-9-29(10-4-23)45(41,42)37-21-25(31-19-27(39)7-13-33(31)37)15-17-35-36-18-16-26-22-38(34-14-8-28(40)20-32(26)34)46(43,44)30-11-5-24(2)6-12-30/h3-14,19-22,39-40H,15-18H2,1-2H3. The molecule has 0 aliphatic carbocycles. The molecule has 0 aliphatic rings. The molecular formula is C34H32N4O6S2. The van der Waals surface area contributed by atoms with Gasteiger partial charge in [0, 0.05) is 23.2 Å². The highest BCUT2D eigenvalue weighted by Gasteiger charge is 2.23. The molecule has 46 heavy (non-hydrogen) atoms. The van der Waals surface area contributed by atoms with Gasteiger partial charge in [-0.2, -0.15) is 10.2 Å². The highest BCUT2D eigenvalue weighted by atomic mass is 32.2. The molecule has 0 saturated carbocycles. The smallest absolute Gasteiger partial charge is 0.268 e. The van der Waals surface area contributed by atoms with Crippen molar-refractivity contribution in [2.75, 3.05) is 13.1 Å². The van der Waals surface area contributed by atoms with Gasteiger partial charge in [-0.1, -0.05) is 35.4 Å². The van der Waals surface area contributed by atoms with E-state index in [2.05, 4.69) is 10.2 Å². The second-order valence-corrected chi connectivity index (χ2v) is 14.8. The first kappa shape index (κ1) is 31.1. The van der Waals surface area contributed by atoms with E-state index >= 15 is 0 Å². The Morgan fingerprint density at radius 1 is 0.565 bits per heavy atom. The summed E-state index contributed by atoms with van der Waals surface area (Å²) in [5.74, 6) is 0.0471. The number of hydrogen-bond acceptors (Lipinski definition) is 8. The van der Waals surface area contributed by atoms with Crippen LogP contribution in [0.2, 0.25) is 0 Å². The third kappa shape index (κ3) is 5.88. The molecule has 10 nitrogen and oxygen atoms in total. The summed E-state index contributed by atoms with van der Waals surface area (Å²) in [4.78, 5) is 0.325. The topological polar surface area (TPSA) is 143 Å². The Morgan fingerprint density at radius 3 is 1.30 bits per heavy atom. The van der Waals surface area contributed by atoms with Crippen LogP contribution < -0.4 is 0 Å². The van der Waals surface area contributed by atoms with Gasteiger partial charge in [0.05, 0.1) is 33.9 Å². The van der Waals surface area contributed by atoms with E-state index in [0.29, 0.717) is 45.8 Å². The third-order valence-corrected chi connectivity index (χ3v) is 11.3. The van der Waals surface area contributed by atoms with Crippen molar-refractivity contribution in [3.05, 3.63) is 120 Å². The lowest BCUT2D eigenvalue weighted by atomic mass is 10.1. The molecule has 2 aromatic heterocycles. The maximum Gasteiger partial charge on any atom is 0.268 e. The van der Waals surface area contributed by atoms with Crippen LogP contribution in [0.15, 0.2) is 117 Å². The van der Waals surface area contributed by atoms with Crippen LogP contribution in [0, 0.1) is 13.8 Å². The number of phenols is 2. The molecule has 2 N–H and O–H groups in total. The largest absolute Gasteiger partial charge is 0.508 e. The first-order valence-electron chi connectivity index (χ1n) is 14.6. The summed E-state index contributed by atoms with van der Waals surface area (Å²) >= 11 is 0. The minimum Gasteiger partial charge on any atom is -0.508 e. The summed E-state index contributed by atoms with van der Waals surface area (Å²) in [6, 6.07) is 22.4. The van der Waals surface area contributed by atoms with Crippen molar-refractivity contribution < 1.29 is 27.0 Å². The number of aromatic nitrogens is 2. The Kier molecular flexibility index (Phi) is 8.17.